The van der Waals surface area contributed by atoms with Gasteiger partial charge in [-0.15, -0.1) is 5.10 Å². The number of aromatic nitrogens is 4. The second kappa shape index (κ2) is 7.04. The molecule has 1 aromatic carbocycles. The van der Waals surface area contributed by atoms with E-state index in [1.54, 1.807) is 11.8 Å². The molecule has 5 nitrogen and oxygen atoms in total. The van der Waals surface area contributed by atoms with Crippen molar-refractivity contribution in [3.63, 3.8) is 0 Å². The Morgan fingerprint density at radius 1 is 1.24 bits per heavy atom. The third-order valence-corrected chi connectivity index (χ3v) is 4.10. The van der Waals surface area contributed by atoms with E-state index in [0.29, 0.717) is 0 Å². The minimum atomic E-state index is 0.114. The smallest absolute Gasteiger partial charge is 0.209 e. The lowest BCUT2D eigenvalue weighted by Crippen LogP contribution is -2.38. The predicted molar refractivity (Wildman–Crippen MR) is 86.3 cm³/mol. The summed E-state index contributed by atoms with van der Waals surface area (Å²) in [5.74, 6) is 0.889. The van der Waals surface area contributed by atoms with Gasteiger partial charge in [0.1, 0.15) is 0 Å². The summed E-state index contributed by atoms with van der Waals surface area (Å²) in [6.07, 6.45) is 0. The monoisotopic (exact) mass is 305 g/mol. The molecule has 114 valence electrons. The van der Waals surface area contributed by atoms with E-state index < -0.39 is 0 Å². The molecule has 1 aromatic heterocycles. The van der Waals surface area contributed by atoms with Crippen LogP contribution in [0.5, 0.6) is 0 Å². The fourth-order valence-corrected chi connectivity index (χ4v) is 2.87. The molecule has 2 rings (SSSR count). The lowest BCUT2D eigenvalue weighted by Gasteiger charge is -2.20. The lowest BCUT2D eigenvalue weighted by molar-refractivity contribution is 0.396. The molecule has 0 unspecified atom stereocenters. The van der Waals surface area contributed by atoms with Gasteiger partial charge in [-0.05, 0) is 49.2 Å². The highest BCUT2D eigenvalue weighted by molar-refractivity contribution is 7.98. The fourth-order valence-electron chi connectivity index (χ4n) is 1.89. The van der Waals surface area contributed by atoms with Crippen LogP contribution in [0.15, 0.2) is 29.4 Å². The summed E-state index contributed by atoms with van der Waals surface area (Å²) in [5, 5.41) is 16.3. The molecule has 0 bridgehead atoms. The van der Waals surface area contributed by atoms with Gasteiger partial charge >= 0.3 is 0 Å². The van der Waals surface area contributed by atoms with E-state index in [9.17, 15) is 0 Å². The predicted octanol–water partition coefficient (Wildman–Crippen LogP) is 2.66. The molecule has 0 aliphatic heterocycles. The molecule has 0 aliphatic rings. The Bertz CT molecular complexity index is 573. The average molecular weight is 305 g/mol. The zero-order chi connectivity index (χ0) is 15.3. The maximum Gasteiger partial charge on any atom is 0.209 e. The molecular formula is C15H23N5S. The van der Waals surface area contributed by atoms with Crippen molar-refractivity contribution >= 4 is 11.8 Å². The molecular weight excluding hydrogens is 282 g/mol. The Morgan fingerprint density at radius 3 is 2.71 bits per heavy atom. The second-order valence-electron chi connectivity index (χ2n) is 6.08. The quantitative estimate of drug-likeness (QED) is 0.832. The lowest BCUT2D eigenvalue weighted by atomic mass is 10.1. The minimum absolute atomic E-state index is 0.114. The second-order valence-corrected chi connectivity index (χ2v) is 7.02. The van der Waals surface area contributed by atoms with Crippen LogP contribution < -0.4 is 5.32 Å². The Labute approximate surface area is 130 Å². The van der Waals surface area contributed by atoms with E-state index in [1.807, 2.05) is 4.68 Å². The van der Waals surface area contributed by atoms with Crippen molar-refractivity contribution in [2.24, 2.45) is 0 Å². The highest BCUT2D eigenvalue weighted by Crippen LogP contribution is 2.21. The summed E-state index contributed by atoms with van der Waals surface area (Å²) in [6.45, 7) is 10.2. The Kier molecular flexibility index (Phi) is 5.36. The van der Waals surface area contributed by atoms with E-state index in [1.165, 1.54) is 11.1 Å². The molecule has 0 saturated heterocycles. The van der Waals surface area contributed by atoms with Crippen LogP contribution >= 0.6 is 11.8 Å². The van der Waals surface area contributed by atoms with E-state index >= 15 is 0 Å². The highest BCUT2D eigenvalue weighted by Gasteiger charge is 2.11. The number of rotatable bonds is 6. The first-order valence-corrected chi connectivity index (χ1v) is 8.13. The van der Waals surface area contributed by atoms with Crippen LogP contribution in [0.4, 0.5) is 0 Å². The largest absolute Gasteiger partial charge is 0.310 e. The van der Waals surface area contributed by atoms with Crippen molar-refractivity contribution < 1.29 is 0 Å². The molecule has 0 saturated carbocycles. The van der Waals surface area contributed by atoms with Crippen molar-refractivity contribution in [1.82, 2.24) is 25.5 Å². The number of aryl methyl sites for hydroxylation is 1. The normalized spacial score (nSPS) is 11.8. The third-order valence-electron chi connectivity index (χ3n) is 3.10. The van der Waals surface area contributed by atoms with Gasteiger partial charge in [-0.25, -0.2) is 4.68 Å². The van der Waals surface area contributed by atoms with Gasteiger partial charge in [0.2, 0.25) is 5.16 Å². The molecule has 2 aromatic rings. The van der Waals surface area contributed by atoms with E-state index in [-0.39, 0.29) is 5.54 Å². The van der Waals surface area contributed by atoms with Gasteiger partial charge in [-0.3, -0.25) is 0 Å². The van der Waals surface area contributed by atoms with Gasteiger partial charge in [-0.1, -0.05) is 36.0 Å². The molecule has 6 heteroatoms. The summed E-state index contributed by atoms with van der Waals surface area (Å²) in [5.41, 5.74) is 2.74. The molecule has 1 N–H and O–H groups in total. The molecule has 0 spiro atoms. The van der Waals surface area contributed by atoms with Gasteiger partial charge in [0.15, 0.2) is 0 Å². The van der Waals surface area contributed by atoms with Crippen LogP contribution in [0.1, 0.15) is 31.9 Å². The number of thioether (sulfide) groups is 1. The zero-order valence-electron chi connectivity index (χ0n) is 13.1. The number of hydrogen-bond donors (Lipinski definition) is 1. The van der Waals surface area contributed by atoms with Crippen molar-refractivity contribution in [1.29, 1.82) is 0 Å². The summed E-state index contributed by atoms with van der Waals surface area (Å²) in [7, 11) is 0. The van der Waals surface area contributed by atoms with E-state index in [4.69, 9.17) is 0 Å². The van der Waals surface area contributed by atoms with Gasteiger partial charge in [0.25, 0.3) is 0 Å². The molecule has 21 heavy (non-hydrogen) atoms. The van der Waals surface area contributed by atoms with Crippen LogP contribution in [-0.4, -0.2) is 32.3 Å². The maximum absolute atomic E-state index is 4.11. The fraction of sp³-hybridized carbons (Fsp3) is 0.533. The van der Waals surface area contributed by atoms with Gasteiger partial charge in [0.05, 0.1) is 6.54 Å². The van der Waals surface area contributed by atoms with Gasteiger partial charge in [-0.2, -0.15) is 0 Å². The van der Waals surface area contributed by atoms with Gasteiger partial charge in [0, 0.05) is 17.8 Å². The first-order chi connectivity index (χ1) is 9.96. The SMILES string of the molecule is Cc1ccccc1CSc1nnnn1CCNC(C)(C)C. The average Bonchev–Trinajstić information content (AvgIpc) is 2.84. The Balaban J connectivity index is 1.90. The summed E-state index contributed by atoms with van der Waals surface area (Å²) in [6, 6.07) is 8.41. The highest BCUT2D eigenvalue weighted by atomic mass is 32.2. The molecule has 0 amide bonds. The summed E-state index contributed by atoms with van der Waals surface area (Å²) < 4.78 is 1.86. The summed E-state index contributed by atoms with van der Waals surface area (Å²) in [4.78, 5) is 0. The first-order valence-electron chi connectivity index (χ1n) is 7.14. The third kappa shape index (κ3) is 5.13. The number of benzene rings is 1. The molecule has 0 fully saturated rings. The Morgan fingerprint density at radius 2 is 2.00 bits per heavy atom. The van der Waals surface area contributed by atoms with Crippen LogP contribution in [-0.2, 0) is 12.3 Å². The molecule has 0 aliphatic carbocycles. The van der Waals surface area contributed by atoms with Crippen LogP contribution in [0.25, 0.3) is 0 Å². The van der Waals surface area contributed by atoms with E-state index in [2.05, 4.69) is 72.8 Å². The van der Waals surface area contributed by atoms with Crippen LogP contribution in [0.2, 0.25) is 0 Å². The number of tetrazole rings is 1. The van der Waals surface area contributed by atoms with Gasteiger partial charge < -0.3 is 5.32 Å². The Hall–Kier alpha value is -1.40. The summed E-state index contributed by atoms with van der Waals surface area (Å²) >= 11 is 1.68. The van der Waals surface area contributed by atoms with Crippen LogP contribution in [0, 0.1) is 6.92 Å². The molecule has 0 radical (unpaired) electrons. The number of hydrogen-bond acceptors (Lipinski definition) is 5. The number of nitrogens with one attached hydrogen (secondary N) is 1. The van der Waals surface area contributed by atoms with Crippen molar-refractivity contribution in [3.8, 4) is 0 Å². The maximum atomic E-state index is 4.11. The van der Waals surface area contributed by atoms with Crippen molar-refractivity contribution in [2.45, 2.75) is 50.7 Å². The topological polar surface area (TPSA) is 55.6 Å². The molecule has 0 atom stereocenters. The van der Waals surface area contributed by atoms with Crippen molar-refractivity contribution in [2.75, 3.05) is 6.54 Å². The van der Waals surface area contributed by atoms with E-state index in [0.717, 1.165) is 24.0 Å². The van der Waals surface area contributed by atoms with Crippen molar-refractivity contribution in [3.05, 3.63) is 35.4 Å². The standard InChI is InChI=1S/C15H23N5S/c1-12-7-5-6-8-13(12)11-21-14-17-18-19-20(14)10-9-16-15(2,3)4/h5-8,16H,9-11H2,1-4H3. The zero-order valence-corrected chi connectivity index (χ0v) is 13.9. The minimum Gasteiger partial charge on any atom is -0.310 e. The first kappa shape index (κ1) is 16.0. The number of nitrogens with zero attached hydrogens (tertiary/aromatic N) is 4. The molecule has 1 heterocycles. The van der Waals surface area contributed by atoms with Crippen LogP contribution in [0.3, 0.4) is 0 Å².